The largest absolute Gasteiger partial charge is 0.344 e. The summed E-state index contributed by atoms with van der Waals surface area (Å²) < 4.78 is 0. The number of rotatable bonds is 5. The highest BCUT2D eigenvalue weighted by Crippen LogP contribution is 2.27. The van der Waals surface area contributed by atoms with Gasteiger partial charge in [-0.05, 0) is 19.8 Å². The van der Waals surface area contributed by atoms with E-state index in [1.54, 1.807) is 11.3 Å². The molecule has 2 heterocycles. The Balaban J connectivity index is 2.15. The molecule has 1 atom stereocenters. The Hall–Kier alpha value is -1.56. The minimum absolute atomic E-state index is 0.0695. The van der Waals surface area contributed by atoms with E-state index in [2.05, 4.69) is 67.4 Å². The summed E-state index contributed by atoms with van der Waals surface area (Å²) in [6, 6.07) is 0.0695. The minimum Gasteiger partial charge on any atom is -0.344 e. The number of nitrogens with one attached hydrogen (secondary N) is 1. The van der Waals surface area contributed by atoms with Crippen molar-refractivity contribution in [3.8, 4) is 0 Å². The lowest BCUT2D eigenvalue weighted by Crippen LogP contribution is -2.14. The first-order chi connectivity index (χ1) is 10.3. The van der Waals surface area contributed by atoms with E-state index in [0.29, 0.717) is 5.95 Å². The lowest BCUT2D eigenvalue weighted by atomic mass is 9.93. The van der Waals surface area contributed by atoms with Gasteiger partial charge in [0.25, 0.3) is 0 Å². The molecule has 0 saturated carbocycles. The van der Waals surface area contributed by atoms with Crippen molar-refractivity contribution in [3.05, 3.63) is 27.5 Å². The average molecular weight is 319 g/mol. The van der Waals surface area contributed by atoms with Crippen LogP contribution in [0.2, 0.25) is 0 Å². The molecule has 6 heteroatoms. The topological polar surface area (TPSA) is 63.6 Å². The molecule has 0 aliphatic rings. The van der Waals surface area contributed by atoms with Crippen LogP contribution in [0.1, 0.15) is 69.7 Å². The van der Waals surface area contributed by atoms with Crippen LogP contribution in [0, 0.1) is 0 Å². The Kier molecular flexibility index (Phi) is 5.11. The van der Waals surface area contributed by atoms with Crippen LogP contribution in [0.5, 0.6) is 0 Å². The zero-order valence-corrected chi connectivity index (χ0v) is 15.1. The smallest absolute Gasteiger partial charge is 0.243 e. The van der Waals surface area contributed by atoms with E-state index >= 15 is 0 Å². The highest BCUT2D eigenvalue weighted by molar-refractivity contribution is 7.09. The molecule has 2 aromatic heterocycles. The van der Waals surface area contributed by atoms with Crippen LogP contribution in [0.25, 0.3) is 0 Å². The van der Waals surface area contributed by atoms with Crippen molar-refractivity contribution >= 4 is 17.3 Å². The van der Waals surface area contributed by atoms with Gasteiger partial charge < -0.3 is 5.32 Å². The van der Waals surface area contributed by atoms with Gasteiger partial charge in [-0.2, -0.15) is 5.10 Å². The fourth-order valence-electron chi connectivity index (χ4n) is 2.09. The monoisotopic (exact) mass is 319 g/mol. The van der Waals surface area contributed by atoms with Crippen molar-refractivity contribution in [2.45, 2.75) is 65.8 Å². The first kappa shape index (κ1) is 16.8. The van der Waals surface area contributed by atoms with Gasteiger partial charge in [0, 0.05) is 10.8 Å². The lowest BCUT2D eigenvalue weighted by Gasteiger charge is -2.15. The molecule has 5 nitrogen and oxygen atoms in total. The molecule has 0 spiro atoms. The van der Waals surface area contributed by atoms with Crippen molar-refractivity contribution in [2.24, 2.45) is 0 Å². The fraction of sp³-hybridized carbons (Fsp3) is 0.625. The minimum atomic E-state index is 0.0695. The predicted octanol–water partition coefficient (Wildman–Crippen LogP) is 3.92. The Bertz CT molecular complexity index is 630. The van der Waals surface area contributed by atoms with Crippen molar-refractivity contribution in [1.82, 2.24) is 20.2 Å². The summed E-state index contributed by atoms with van der Waals surface area (Å²) in [6.45, 7) is 12.8. The summed E-state index contributed by atoms with van der Waals surface area (Å²) in [5.74, 6) is 0.578. The Labute approximate surface area is 136 Å². The summed E-state index contributed by atoms with van der Waals surface area (Å²) >= 11 is 1.67. The zero-order chi connectivity index (χ0) is 16.3. The summed E-state index contributed by atoms with van der Waals surface area (Å²) in [7, 11) is 0. The van der Waals surface area contributed by atoms with Crippen LogP contribution in [-0.4, -0.2) is 20.2 Å². The van der Waals surface area contributed by atoms with Gasteiger partial charge in [0.05, 0.1) is 23.1 Å². The number of hydrogen-bond acceptors (Lipinski definition) is 6. The van der Waals surface area contributed by atoms with Crippen LogP contribution < -0.4 is 5.32 Å². The van der Waals surface area contributed by atoms with E-state index in [0.717, 1.165) is 34.9 Å². The van der Waals surface area contributed by atoms with Gasteiger partial charge in [-0.1, -0.05) is 34.6 Å². The first-order valence-electron chi connectivity index (χ1n) is 7.80. The zero-order valence-electron chi connectivity index (χ0n) is 14.3. The van der Waals surface area contributed by atoms with Crippen molar-refractivity contribution in [2.75, 3.05) is 5.32 Å². The third-order valence-corrected chi connectivity index (χ3v) is 4.54. The van der Waals surface area contributed by atoms with Crippen LogP contribution in [0.4, 0.5) is 5.95 Å². The third kappa shape index (κ3) is 3.80. The molecule has 0 aromatic carbocycles. The van der Waals surface area contributed by atoms with Crippen LogP contribution >= 0.6 is 11.3 Å². The van der Waals surface area contributed by atoms with Crippen molar-refractivity contribution < 1.29 is 0 Å². The molecule has 1 unspecified atom stereocenters. The predicted molar refractivity (Wildman–Crippen MR) is 91.4 cm³/mol. The quantitative estimate of drug-likeness (QED) is 0.905. The summed E-state index contributed by atoms with van der Waals surface area (Å²) in [5.41, 5.74) is 3.19. The Morgan fingerprint density at radius 3 is 2.32 bits per heavy atom. The fourth-order valence-corrected chi connectivity index (χ4v) is 3.14. The summed E-state index contributed by atoms with van der Waals surface area (Å²) in [5, 5.41) is 14.9. The van der Waals surface area contributed by atoms with E-state index in [-0.39, 0.29) is 11.5 Å². The molecule has 0 fully saturated rings. The molecular formula is C16H25N5S. The third-order valence-electron chi connectivity index (χ3n) is 3.52. The van der Waals surface area contributed by atoms with Gasteiger partial charge in [-0.15, -0.1) is 16.4 Å². The number of nitrogens with zero attached hydrogens (tertiary/aromatic N) is 4. The molecule has 120 valence electrons. The van der Waals surface area contributed by atoms with Crippen molar-refractivity contribution in [3.63, 3.8) is 0 Å². The average Bonchev–Trinajstić information content (AvgIpc) is 2.97. The van der Waals surface area contributed by atoms with Gasteiger partial charge in [0.2, 0.25) is 5.95 Å². The molecule has 2 aromatic rings. The molecule has 0 aliphatic carbocycles. The maximum Gasteiger partial charge on any atom is 0.243 e. The van der Waals surface area contributed by atoms with E-state index < -0.39 is 0 Å². The van der Waals surface area contributed by atoms with E-state index in [1.807, 2.05) is 0 Å². The Morgan fingerprint density at radius 2 is 1.77 bits per heavy atom. The number of anilines is 1. The van der Waals surface area contributed by atoms with Crippen molar-refractivity contribution in [1.29, 1.82) is 0 Å². The molecule has 0 saturated heterocycles. The molecule has 22 heavy (non-hydrogen) atoms. The molecule has 2 rings (SSSR count). The second-order valence-electron chi connectivity index (χ2n) is 6.42. The number of aryl methyl sites for hydroxylation is 2. The van der Waals surface area contributed by atoms with E-state index in [9.17, 15) is 0 Å². The second kappa shape index (κ2) is 6.69. The normalized spacial score (nSPS) is 13.2. The standard InChI is InChI=1S/C16H25N5S/c1-7-11-12(8-2)20-21-15(18-11)17-10(3)14-19-13(9-22-14)16(4,5)6/h9-10H,7-8H2,1-6H3,(H,17,18,21). The maximum atomic E-state index is 4.73. The van der Waals surface area contributed by atoms with Gasteiger partial charge >= 0.3 is 0 Å². The summed E-state index contributed by atoms with van der Waals surface area (Å²) in [6.07, 6.45) is 1.73. The molecule has 0 radical (unpaired) electrons. The molecule has 0 bridgehead atoms. The first-order valence-corrected chi connectivity index (χ1v) is 8.68. The molecule has 1 N–H and O–H groups in total. The van der Waals surface area contributed by atoms with Gasteiger partial charge in [-0.25, -0.2) is 9.97 Å². The van der Waals surface area contributed by atoms with Crippen LogP contribution in [-0.2, 0) is 18.3 Å². The maximum absolute atomic E-state index is 4.73. The van der Waals surface area contributed by atoms with Crippen LogP contribution in [0.3, 0.4) is 0 Å². The van der Waals surface area contributed by atoms with Gasteiger partial charge in [0.15, 0.2) is 0 Å². The Morgan fingerprint density at radius 1 is 1.09 bits per heavy atom. The van der Waals surface area contributed by atoms with Gasteiger partial charge in [-0.3, -0.25) is 0 Å². The van der Waals surface area contributed by atoms with Gasteiger partial charge in [0.1, 0.15) is 5.01 Å². The molecule has 0 amide bonds. The lowest BCUT2D eigenvalue weighted by molar-refractivity contribution is 0.569. The van der Waals surface area contributed by atoms with E-state index in [1.165, 1.54) is 0 Å². The molecular weight excluding hydrogens is 294 g/mol. The highest BCUT2D eigenvalue weighted by atomic mass is 32.1. The molecule has 0 aliphatic heterocycles. The number of hydrogen-bond donors (Lipinski definition) is 1. The highest BCUT2D eigenvalue weighted by Gasteiger charge is 2.20. The van der Waals surface area contributed by atoms with Crippen LogP contribution in [0.15, 0.2) is 5.38 Å². The SMILES string of the molecule is CCc1nnc(NC(C)c2nc(C(C)(C)C)cs2)nc1CC. The van der Waals surface area contributed by atoms with E-state index in [4.69, 9.17) is 4.98 Å². The number of thiazole rings is 1. The second-order valence-corrected chi connectivity index (χ2v) is 7.31. The number of aromatic nitrogens is 4. The summed E-state index contributed by atoms with van der Waals surface area (Å²) in [4.78, 5) is 9.31.